The molecule has 5 heteroatoms. The molecule has 0 aliphatic carbocycles. The SMILES string of the molecule is Cc1ncsc1CCN1CCC(OCCCN)CC1. The lowest BCUT2D eigenvalue weighted by molar-refractivity contribution is 0.00755. The first kappa shape index (κ1) is 14.9. The number of hydrogen-bond acceptors (Lipinski definition) is 5. The van der Waals surface area contributed by atoms with E-state index in [1.807, 2.05) is 5.51 Å². The molecule has 2 heterocycles. The van der Waals surface area contributed by atoms with Crippen LogP contribution in [-0.2, 0) is 11.2 Å². The van der Waals surface area contributed by atoms with E-state index in [4.69, 9.17) is 10.5 Å². The molecule has 0 unspecified atom stereocenters. The van der Waals surface area contributed by atoms with E-state index in [1.165, 1.54) is 10.6 Å². The summed E-state index contributed by atoms with van der Waals surface area (Å²) in [6.45, 7) is 7.12. The van der Waals surface area contributed by atoms with E-state index in [1.54, 1.807) is 11.3 Å². The van der Waals surface area contributed by atoms with E-state index in [0.717, 1.165) is 58.5 Å². The maximum atomic E-state index is 5.83. The third-order valence-corrected chi connectivity index (χ3v) is 4.73. The number of aromatic nitrogens is 1. The zero-order valence-electron chi connectivity index (χ0n) is 11.8. The molecule has 0 aromatic carbocycles. The molecule has 0 bridgehead atoms. The van der Waals surface area contributed by atoms with Crippen molar-refractivity contribution in [3.05, 3.63) is 16.1 Å². The monoisotopic (exact) mass is 283 g/mol. The Morgan fingerprint density at radius 1 is 1.47 bits per heavy atom. The van der Waals surface area contributed by atoms with Crippen LogP contribution in [0.5, 0.6) is 0 Å². The fraction of sp³-hybridized carbons (Fsp3) is 0.786. The Labute approximate surface area is 120 Å². The van der Waals surface area contributed by atoms with Gasteiger partial charge in [-0.2, -0.15) is 0 Å². The van der Waals surface area contributed by atoms with Crippen molar-refractivity contribution in [1.29, 1.82) is 0 Å². The molecular formula is C14H25N3OS. The van der Waals surface area contributed by atoms with E-state index in [2.05, 4.69) is 16.8 Å². The Balaban J connectivity index is 1.62. The minimum atomic E-state index is 0.452. The van der Waals surface area contributed by atoms with Crippen LogP contribution in [0.1, 0.15) is 29.8 Å². The number of nitrogens with zero attached hydrogens (tertiary/aromatic N) is 2. The van der Waals surface area contributed by atoms with Crippen LogP contribution >= 0.6 is 11.3 Å². The number of hydrogen-bond donors (Lipinski definition) is 1. The van der Waals surface area contributed by atoms with Gasteiger partial charge in [-0.1, -0.05) is 0 Å². The van der Waals surface area contributed by atoms with Gasteiger partial charge in [0, 0.05) is 31.1 Å². The molecule has 0 radical (unpaired) electrons. The van der Waals surface area contributed by atoms with Crippen LogP contribution in [0.3, 0.4) is 0 Å². The van der Waals surface area contributed by atoms with Crippen LogP contribution in [0.25, 0.3) is 0 Å². The molecule has 1 fully saturated rings. The summed E-state index contributed by atoms with van der Waals surface area (Å²) >= 11 is 1.78. The minimum absolute atomic E-state index is 0.452. The Hall–Kier alpha value is -0.490. The highest BCUT2D eigenvalue weighted by atomic mass is 32.1. The molecule has 1 aromatic heterocycles. The average molecular weight is 283 g/mol. The van der Waals surface area contributed by atoms with Crippen molar-refractivity contribution >= 4 is 11.3 Å². The summed E-state index contributed by atoms with van der Waals surface area (Å²) in [6.07, 6.45) is 4.88. The van der Waals surface area contributed by atoms with Crippen molar-refractivity contribution in [2.75, 3.05) is 32.8 Å². The maximum absolute atomic E-state index is 5.83. The standard InChI is InChI=1S/C14H25N3OS/c1-12-14(19-11-16-12)5-9-17-7-3-13(4-8-17)18-10-2-6-15/h11,13H,2-10,15H2,1H3. The van der Waals surface area contributed by atoms with Crippen LogP contribution < -0.4 is 5.73 Å². The Kier molecular flexibility index (Phi) is 6.23. The first-order valence-corrected chi connectivity index (χ1v) is 8.10. The van der Waals surface area contributed by atoms with E-state index in [0.29, 0.717) is 6.10 Å². The topological polar surface area (TPSA) is 51.4 Å². The van der Waals surface area contributed by atoms with E-state index < -0.39 is 0 Å². The van der Waals surface area contributed by atoms with Gasteiger partial charge in [0.15, 0.2) is 0 Å². The third kappa shape index (κ3) is 4.84. The molecule has 0 saturated carbocycles. The quantitative estimate of drug-likeness (QED) is 0.776. The van der Waals surface area contributed by atoms with Crippen molar-refractivity contribution in [3.8, 4) is 0 Å². The number of piperidine rings is 1. The van der Waals surface area contributed by atoms with Crippen LogP contribution in [-0.4, -0.2) is 48.8 Å². The summed E-state index contributed by atoms with van der Waals surface area (Å²) in [6, 6.07) is 0. The Bertz CT molecular complexity index is 361. The van der Waals surface area contributed by atoms with Gasteiger partial charge in [-0.3, -0.25) is 0 Å². The van der Waals surface area contributed by atoms with Crippen molar-refractivity contribution < 1.29 is 4.74 Å². The van der Waals surface area contributed by atoms with Crippen LogP contribution in [0.15, 0.2) is 5.51 Å². The highest BCUT2D eigenvalue weighted by Crippen LogP contribution is 2.17. The minimum Gasteiger partial charge on any atom is -0.378 e. The number of likely N-dealkylation sites (tertiary alicyclic amines) is 1. The number of thiazole rings is 1. The highest BCUT2D eigenvalue weighted by Gasteiger charge is 2.19. The van der Waals surface area contributed by atoms with Gasteiger partial charge in [0.05, 0.1) is 17.3 Å². The Morgan fingerprint density at radius 2 is 2.26 bits per heavy atom. The van der Waals surface area contributed by atoms with Gasteiger partial charge in [-0.25, -0.2) is 4.98 Å². The lowest BCUT2D eigenvalue weighted by atomic mass is 10.1. The van der Waals surface area contributed by atoms with Gasteiger partial charge in [0.25, 0.3) is 0 Å². The van der Waals surface area contributed by atoms with Crippen LogP contribution in [0.2, 0.25) is 0 Å². The van der Waals surface area contributed by atoms with Gasteiger partial charge in [0.1, 0.15) is 0 Å². The second kappa shape index (κ2) is 7.94. The second-order valence-electron chi connectivity index (χ2n) is 5.16. The number of ether oxygens (including phenoxy) is 1. The van der Waals surface area contributed by atoms with Crippen LogP contribution in [0, 0.1) is 6.92 Å². The molecule has 2 N–H and O–H groups in total. The average Bonchev–Trinajstić information content (AvgIpc) is 2.84. The van der Waals surface area contributed by atoms with Crippen molar-refractivity contribution in [3.63, 3.8) is 0 Å². The molecule has 1 saturated heterocycles. The second-order valence-corrected chi connectivity index (χ2v) is 6.10. The first-order chi connectivity index (χ1) is 9.29. The molecule has 1 aliphatic rings. The maximum Gasteiger partial charge on any atom is 0.0797 e. The lowest BCUT2D eigenvalue weighted by Gasteiger charge is -2.31. The van der Waals surface area contributed by atoms with Crippen molar-refractivity contribution in [1.82, 2.24) is 9.88 Å². The molecule has 1 aromatic rings. The van der Waals surface area contributed by atoms with Gasteiger partial charge >= 0.3 is 0 Å². The summed E-state index contributed by atoms with van der Waals surface area (Å²) in [4.78, 5) is 8.28. The van der Waals surface area contributed by atoms with Gasteiger partial charge in [0.2, 0.25) is 0 Å². The third-order valence-electron chi connectivity index (χ3n) is 3.74. The van der Waals surface area contributed by atoms with Crippen LogP contribution in [0.4, 0.5) is 0 Å². The lowest BCUT2D eigenvalue weighted by Crippen LogP contribution is -2.38. The normalized spacial score (nSPS) is 18.0. The largest absolute Gasteiger partial charge is 0.378 e. The first-order valence-electron chi connectivity index (χ1n) is 7.22. The zero-order chi connectivity index (χ0) is 13.5. The Morgan fingerprint density at radius 3 is 2.89 bits per heavy atom. The molecule has 4 nitrogen and oxygen atoms in total. The number of nitrogens with two attached hydrogens (primary N) is 1. The number of aryl methyl sites for hydroxylation is 1. The fourth-order valence-electron chi connectivity index (χ4n) is 2.46. The summed E-state index contributed by atoms with van der Waals surface area (Å²) in [5.41, 5.74) is 8.62. The predicted molar refractivity (Wildman–Crippen MR) is 79.6 cm³/mol. The molecule has 0 atom stereocenters. The number of rotatable bonds is 7. The van der Waals surface area contributed by atoms with Crippen molar-refractivity contribution in [2.24, 2.45) is 5.73 Å². The fourth-order valence-corrected chi connectivity index (χ4v) is 3.23. The summed E-state index contributed by atoms with van der Waals surface area (Å²) in [5, 5.41) is 0. The smallest absolute Gasteiger partial charge is 0.0797 e. The molecular weight excluding hydrogens is 258 g/mol. The summed E-state index contributed by atoms with van der Waals surface area (Å²) in [5.74, 6) is 0. The molecule has 0 amide bonds. The van der Waals surface area contributed by atoms with Crippen molar-refractivity contribution in [2.45, 2.75) is 38.7 Å². The highest BCUT2D eigenvalue weighted by molar-refractivity contribution is 7.09. The van der Waals surface area contributed by atoms with E-state index >= 15 is 0 Å². The van der Waals surface area contributed by atoms with Gasteiger partial charge < -0.3 is 15.4 Å². The molecule has 19 heavy (non-hydrogen) atoms. The van der Waals surface area contributed by atoms with E-state index in [-0.39, 0.29) is 0 Å². The molecule has 108 valence electrons. The van der Waals surface area contributed by atoms with Gasteiger partial charge in [-0.05, 0) is 39.2 Å². The van der Waals surface area contributed by atoms with E-state index in [9.17, 15) is 0 Å². The molecule has 2 rings (SSSR count). The van der Waals surface area contributed by atoms with Gasteiger partial charge in [-0.15, -0.1) is 11.3 Å². The molecule has 1 aliphatic heterocycles. The summed E-state index contributed by atoms with van der Waals surface area (Å²) < 4.78 is 5.83. The zero-order valence-corrected chi connectivity index (χ0v) is 12.6. The molecule has 0 spiro atoms. The summed E-state index contributed by atoms with van der Waals surface area (Å²) in [7, 11) is 0. The predicted octanol–water partition coefficient (Wildman–Crippen LogP) is 1.82.